The zero-order valence-electron chi connectivity index (χ0n) is 10.5. The van der Waals surface area contributed by atoms with Gasteiger partial charge in [0.05, 0.1) is 11.5 Å². The number of carbonyl (C=O) groups excluding carboxylic acids is 1. The lowest BCUT2D eigenvalue weighted by atomic mass is 9.69. The molecule has 3 saturated carbocycles. The van der Waals surface area contributed by atoms with Crippen LogP contribution >= 0.6 is 0 Å². The lowest BCUT2D eigenvalue weighted by molar-refractivity contribution is -0.134. The normalized spacial score (nSPS) is 54.1. The summed E-state index contributed by atoms with van der Waals surface area (Å²) in [5.74, 6) is 1.75. The summed E-state index contributed by atoms with van der Waals surface area (Å²) < 4.78 is 0. The number of aliphatic hydroxyl groups is 1. The van der Waals surface area contributed by atoms with E-state index in [0.717, 1.165) is 19.3 Å². The molecule has 3 fully saturated rings. The van der Waals surface area contributed by atoms with Crippen LogP contribution in [0.1, 0.15) is 46.5 Å². The fourth-order valence-electron chi connectivity index (χ4n) is 5.35. The second-order valence-electron chi connectivity index (χ2n) is 6.98. The van der Waals surface area contributed by atoms with Crippen LogP contribution in [0.5, 0.6) is 0 Å². The fourth-order valence-corrected chi connectivity index (χ4v) is 5.35. The van der Waals surface area contributed by atoms with Crippen molar-refractivity contribution in [1.29, 1.82) is 0 Å². The van der Waals surface area contributed by atoms with Crippen molar-refractivity contribution in [3.63, 3.8) is 0 Å². The second kappa shape index (κ2) is 2.90. The molecule has 0 saturated heterocycles. The Labute approximate surface area is 97.4 Å². The van der Waals surface area contributed by atoms with Crippen LogP contribution in [0, 0.1) is 28.6 Å². The first-order valence-electron chi connectivity index (χ1n) is 6.62. The molecule has 3 aliphatic carbocycles. The van der Waals surface area contributed by atoms with Crippen molar-refractivity contribution in [2.75, 3.05) is 0 Å². The first kappa shape index (κ1) is 10.8. The summed E-state index contributed by atoms with van der Waals surface area (Å²) in [4.78, 5) is 12.3. The summed E-state index contributed by atoms with van der Waals surface area (Å²) in [7, 11) is 0. The SMILES string of the molecule is C[C@H]1C[C@H](O)C23C(=O)CC[C@H]2C(C)(C)C[C@H]13. The van der Waals surface area contributed by atoms with Gasteiger partial charge in [0.25, 0.3) is 0 Å². The third kappa shape index (κ3) is 0.958. The molecule has 5 atom stereocenters. The number of hydrogen-bond donors (Lipinski definition) is 1. The highest BCUT2D eigenvalue weighted by Gasteiger charge is 2.71. The minimum atomic E-state index is -0.366. The number of rotatable bonds is 0. The van der Waals surface area contributed by atoms with Gasteiger partial charge in [0.2, 0.25) is 0 Å². The molecule has 2 nitrogen and oxygen atoms in total. The van der Waals surface area contributed by atoms with E-state index < -0.39 is 0 Å². The quantitative estimate of drug-likeness (QED) is 0.683. The van der Waals surface area contributed by atoms with Gasteiger partial charge in [-0.15, -0.1) is 0 Å². The number of aliphatic hydroxyl groups excluding tert-OH is 1. The minimum absolute atomic E-state index is 0.243. The molecule has 0 bridgehead atoms. The average molecular weight is 222 g/mol. The Morgan fingerprint density at radius 3 is 2.75 bits per heavy atom. The maximum Gasteiger partial charge on any atom is 0.142 e. The van der Waals surface area contributed by atoms with Gasteiger partial charge in [0.15, 0.2) is 0 Å². The molecule has 90 valence electrons. The van der Waals surface area contributed by atoms with Crippen molar-refractivity contribution < 1.29 is 9.90 Å². The lowest BCUT2D eigenvalue weighted by Gasteiger charge is -2.35. The average Bonchev–Trinajstić information content (AvgIpc) is 2.71. The van der Waals surface area contributed by atoms with Crippen molar-refractivity contribution in [1.82, 2.24) is 0 Å². The van der Waals surface area contributed by atoms with Gasteiger partial charge in [0.1, 0.15) is 5.78 Å². The lowest BCUT2D eigenvalue weighted by Crippen LogP contribution is -2.42. The van der Waals surface area contributed by atoms with Crippen LogP contribution in [0.2, 0.25) is 0 Å². The van der Waals surface area contributed by atoms with Crippen LogP contribution in [0.3, 0.4) is 0 Å². The van der Waals surface area contributed by atoms with E-state index in [1.165, 1.54) is 0 Å². The Bertz CT molecular complexity index is 347. The van der Waals surface area contributed by atoms with Gasteiger partial charge in [-0.05, 0) is 42.4 Å². The molecule has 0 heterocycles. The Morgan fingerprint density at radius 2 is 2.06 bits per heavy atom. The van der Waals surface area contributed by atoms with Gasteiger partial charge in [-0.1, -0.05) is 20.8 Å². The standard InChI is InChI=1S/C14H22O2/c1-8-6-12(16)14-9(8)7-13(2,3)10(14)4-5-11(14)15/h8-10,12,16H,4-7H2,1-3H3/t8-,9+,10-,12-,14?/m0/s1. The first-order chi connectivity index (χ1) is 7.40. The summed E-state index contributed by atoms with van der Waals surface area (Å²) in [5, 5.41) is 10.4. The van der Waals surface area contributed by atoms with Crippen LogP contribution in [0.15, 0.2) is 0 Å². The van der Waals surface area contributed by atoms with E-state index in [2.05, 4.69) is 20.8 Å². The molecule has 16 heavy (non-hydrogen) atoms. The van der Waals surface area contributed by atoms with Gasteiger partial charge >= 0.3 is 0 Å². The Balaban J connectivity index is 2.14. The van der Waals surface area contributed by atoms with Gasteiger partial charge in [-0.25, -0.2) is 0 Å². The Morgan fingerprint density at radius 1 is 1.38 bits per heavy atom. The summed E-state index contributed by atoms with van der Waals surface area (Å²) in [5.41, 5.74) is -0.102. The molecule has 1 spiro atoms. The molecule has 0 amide bonds. The van der Waals surface area contributed by atoms with Gasteiger partial charge in [-0.2, -0.15) is 0 Å². The zero-order chi connectivity index (χ0) is 11.7. The third-order valence-electron chi connectivity index (χ3n) is 5.86. The van der Waals surface area contributed by atoms with E-state index in [4.69, 9.17) is 0 Å². The van der Waals surface area contributed by atoms with Crippen LogP contribution in [0.4, 0.5) is 0 Å². The fraction of sp³-hybridized carbons (Fsp3) is 0.929. The molecular weight excluding hydrogens is 200 g/mol. The van der Waals surface area contributed by atoms with Crippen molar-refractivity contribution in [2.45, 2.75) is 52.6 Å². The highest BCUT2D eigenvalue weighted by atomic mass is 16.3. The van der Waals surface area contributed by atoms with E-state index >= 15 is 0 Å². The van der Waals surface area contributed by atoms with Crippen LogP contribution in [-0.2, 0) is 4.79 Å². The van der Waals surface area contributed by atoms with Crippen LogP contribution in [-0.4, -0.2) is 17.0 Å². The van der Waals surface area contributed by atoms with E-state index in [0.29, 0.717) is 30.0 Å². The summed E-state index contributed by atoms with van der Waals surface area (Å²) in [6.07, 6.45) is 3.31. The van der Waals surface area contributed by atoms with Gasteiger partial charge in [0, 0.05) is 6.42 Å². The minimum Gasteiger partial charge on any atom is -0.392 e. The number of Topliss-reactive ketones (excluding diaryl/α,β-unsaturated/α-hetero) is 1. The van der Waals surface area contributed by atoms with Crippen molar-refractivity contribution in [2.24, 2.45) is 28.6 Å². The molecule has 0 radical (unpaired) electrons. The smallest absolute Gasteiger partial charge is 0.142 e. The molecular formula is C14H22O2. The third-order valence-corrected chi connectivity index (χ3v) is 5.86. The summed E-state index contributed by atoms with van der Waals surface area (Å²) in [6, 6.07) is 0. The van der Waals surface area contributed by atoms with E-state index in [1.807, 2.05) is 0 Å². The molecule has 3 rings (SSSR count). The predicted octanol–water partition coefficient (Wildman–Crippen LogP) is 2.40. The maximum atomic E-state index is 12.3. The van der Waals surface area contributed by atoms with Crippen LogP contribution < -0.4 is 0 Å². The predicted molar refractivity (Wildman–Crippen MR) is 61.8 cm³/mol. The molecule has 0 aromatic rings. The highest BCUT2D eigenvalue weighted by molar-refractivity contribution is 5.89. The summed E-state index contributed by atoms with van der Waals surface area (Å²) >= 11 is 0. The van der Waals surface area contributed by atoms with Crippen molar-refractivity contribution in [3.8, 4) is 0 Å². The van der Waals surface area contributed by atoms with Gasteiger partial charge in [-0.3, -0.25) is 4.79 Å². The molecule has 2 heteroatoms. The number of ketones is 1. The van der Waals surface area contributed by atoms with E-state index in [1.54, 1.807) is 0 Å². The Hall–Kier alpha value is -0.370. The highest BCUT2D eigenvalue weighted by Crippen LogP contribution is 2.70. The number of hydrogen-bond acceptors (Lipinski definition) is 2. The summed E-state index contributed by atoms with van der Waals surface area (Å²) in [6.45, 7) is 6.79. The van der Waals surface area contributed by atoms with E-state index in [9.17, 15) is 9.90 Å². The van der Waals surface area contributed by atoms with Gasteiger partial charge < -0.3 is 5.11 Å². The zero-order valence-corrected chi connectivity index (χ0v) is 10.5. The molecule has 3 aliphatic rings. The molecule has 1 N–H and O–H groups in total. The topological polar surface area (TPSA) is 37.3 Å². The largest absolute Gasteiger partial charge is 0.392 e. The molecule has 0 aromatic carbocycles. The van der Waals surface area contributed by atoms with Crippen LogP contribution in [0.25, 0.3) is 0 Å². The number of carbonyl (C=O) groups is 1. The Kier molecular flexibility index (Phi) is 1.95. The molecule has 0 aromatic heterocycles. The molecule has 0 aliphatic heterocycles. The first-order valence-corrected chi connectivity index (χ1v) is 6.62. The second-order valence-corrected chi connectivity index (χ2v) is 6.98. The van der Waals surface area contributed by atoms with Crippen molar-refractivity contribution >= 4 is 5.78 Å². The maximum absolute atomic E-state index is 12.3. The molecule has 1 unspecified atom stereocenters. The monoisotopic (exact) mass is 222 g/mol. The van der Waals surface area contributed by atoms with E-state index in [-0.39, 0.29) is 16.9 Å². The van der Waals surface area contributed by atoms with Crippen molar-refractivity contribution in [3.05, 3.63) is 0 Å².